The molecule has 0 unspecified atom stereocenters. The highest BCUT2D eigenvalue weighted by molar-refractivity contribution is 6.33. The second-order valence-electron chi connectivity index (χ2n) is 6.08. The summed E-state index contributed by atoms with van der Waals surface area (Å²) in [6.45, 7) is 3.16. The number of methoxy groups -OCH3 is 1. The van der Waals surface area contributed by atoms with Gasteiger partial charge in [-0.25, -0.2) is 4.79 Å². The smallest absolute Gasteiger partial charge is 0.337 e. The van der Waals surface area contributed by atoms with Gasteiger partial charge in [0, 0.05) is 25.4 Å². The molecule has 1 aromatic carbocycles. The summed E-state index contributed by atoms with van der Waals surface area (Å²) >= 11 is 6.11. The Hall–Kier alpha value is -2.08. The van der Waals surface area contributed by atoms with Gasteiger partial charge in [0.1, 0.15) is 0 Å². The van der Waals surface area contributed by atoms with Crippen LogP contribution >= 0.6 is 11.6 Å². The number of carbonyl (C=O) groups is 3. The van der Waals surface area contributed by atoms with E-state index < -0.39 is 5.97 Å². The van der Waals surface area contributed by atoms with E-state index in [1.807, 2.05) is 11.8 Å². The Bertz CT molecular complexity index is 654. The second kappa shape index (κ2) is 8.85. The van der Waals surface area contributed by atoms with Crippen molar-refractivity contribution >= 4 is 35.1 Å². The lowest BCUT2D eigenvalue weighted by atomic mass is 9.95. The standard InChI is InChI=1S/C18H23ClN2O4/c1-3-4-16(22)21-9-7-12(8-10-21)17(23)20-15-11-13(18(24)25-2)5-6-14(15)19/h5-6,11-12H,3-4,7-10H2,1-2H3,(H,20,23). The van der Waals surface area contributed by atoms with Crippen molar-refractivity contribution in [1.82, 2.24) is 4.90 Å². The van der Waals surface area contributed by atoms with Gasteiger partial charge in [0.2, 0.25) is 11.8 Å². The van der Waals surface area contributed by atoms with Crippen molar-refractivity contribution in [3.05, 3.63) is 28.8 Å². The van der Waals surface area contributed by atoms with Crippen molar-refractivity contribution < 1.29 is 19.1 Å². The first-order valence-electron chi connectivity index (χ1n) is 8.42. The molecule has 2 amide bonds. The number of carbonyl (C=O) groups excluding carboxylic acids is 3. The number of hydrogen-bond donors (Lipinski definition) is 1. The van der Waals surface area contributed by atoms with Gasteiger partial charge in [-0.1, -0.05) is 18.5 Å². The van der Waals surface area contributed by atoms with Crippen molar-refractivity contribution in [2.75, 3.05) is 25.5 Å². The molecule has 1 aliphatic rings. The Kier molecular flexibility index (Phi) is 6.82. The summed E-state index contributed by atoms with van der Waals surface area (Å²) in [4.78, 5) is 37.8. The van der Waals surface area contributed by atoms with E-state index in [0.29, 0.717) is 48.6 Å². The average Bonchev–Trinajstić information content (AvgIpc) is 2.63. The van der Waals surface area contributed by atoms with Crippen molar-refractivity contribution in [2.45, 2.75) is 32.6 Å². The van der Waals surface area contributed by atoms with Crippen LogP contribution in [0.5, 0.6) is 0 Å². The molecule has 1 aromatic rings. The molecule has 1 fully saturated rings. The molecule has 2 rings (SSSR count). The number of likely N-dealkylation sites (tertiary alicyclic amines) is 1. The topological polar surface area (TPSA) is 75.7 Å². The molecule has 0 bridgehead atoms. The largest absolute Gasteiger partial charge is 0.465 e. The van der Waals surface area contributed by atoms with E-state index in [2.05, 4.69) is 10.1 Å². The lowest BCUT2D eigenvalue weighted by Crippen LogP contribution is -2.41. The molecule has 0 spiro atoms. The first kappa shape index (κ1) is 19.2. The van der Waals surface area contributed by atoms with Gasteiger partial charge in [-0.05, 0) is 37.5 Å². The van der Waals surface area contributed by atoms with E-state index in [-0.39, 0.29) is 17.7 Å². The number of rotatable bonds is 5. The number of amides is 2. The summed E-state index contributed by atoms with van der Waals surface area (Å²) in [6.07, 6.45) is 2.62. The van der Waals surface area contributed by atoms with Gasteiger partial charge >= 0.3 is 5.97 Å². The highest BCUT2D eigenvalue weighted by Crippen LogP contribution is 2.26. The maximum atomic E-state index is 12.5. The Balaban J connectivity index is 1.97. The molecule has 6 nitrogen and oxygen atoms in total. The molecule has 1 saturated heterocycles. The van der Waals surface area contributed by atoms with Gasteiger partial charge in [0.05, 0.1) is 23.4 Å². The summed E-state index contributed by atoms with van der Waals surface area (Å²) in [7, 11) is 1.29. The van der Waals surface area contributed by atoms with Crippen LogP contribution in [0.25, 0.3) is 0 Å². The van der Waals surface area contributed by atoms with Gasteiger partial charge < -0.3 is 15.0 Å². The third-order valence-electron chi connectivity index (χ3n) is 4.33. The van der Waals surface area contributed by atoms with E-state index in [0.717, 1.165) is 6.42 Å². The monoisotopic (exact) mass is 366 g/mol. The molecule has 0 radical (unpaired) electrons. The number of anilines is 1. The minimum atomic E-state index is -0.491. The number of piperidine rings is 1. The van der Waals surface area contributed by atoms with Crippen molar-refractivity contribution in [1.29, 1.82) is 0 Å². The van der Waals surface area contributed by atoms with E-state index in [1.54, 1.807) is 12.1 Å². The number of nitrogens with zero attached hydrogens (tertiary/aromatic N) is 1. The SMILES string of the molecule is CCCC(=O)N1CCC(C(=O)Nc2cc(C(=O)OC)ccc2Cl)CC1. The molecule has 0 aromatic heterocycles. The fourth-order valence-electron chi connectivity index (χ4n) is 2.86. The van der Waals surface area contributed by atoms with E-state index >= 15 is 0 Å². The summed E-state index contributed by atoms with van der Waals surface area (Å²) in [5.74, 6) is -0.667. The zero-order valence-electron chi connectivity index (χ0n) is 14.5. The Morgan fingerprint density at radius 1 is 1.28 bits per heavy atom. The van der Waals surface area contributed by atoms with E-state index in [9.17, 15) is 14.4 Å². The fraction of sp³-hybridized carbons (Fsp3) is 0.500. The number of ether oxygens (including phenoxy) is 1. The molecule has 136 valence electrons. The minimum absolute atomic E-state index is 0.147. The van der Waals surface area contributed by atoms with Gasteiger partial charge in [-0.2, -0.15) is 0 Å². The quantitative estimate of drug-likeness (QED) is 0.812. The summed E-state index contributed by atoms with van der Waals surface area (Å²) in [6, 6.07) is 4.60. The van der Waals surface area contributed by atoms with Crippen LogP contribution in [0.2, 0.25) is 5.02 Å². The van der Waals surface area contributed by atoms with Gasteiger partial charge in [0.15, 0.2) is 0 Å². The van der Waals surface area contributed by atoms with Crippen LogP contribution in [0.15, 0.2) is 18.2 Å². The normalized spacial score (nSPS) is 14.9. The second-order valence-corrected chi connectivity index (χ2v) is 6.49. The van der Waals surface area contributed by atoms with E-state index in [4.69, 9.17) is 11.6 Å². The molecule has 0 aliphatic carbocycles. The Labute approximate surface area is 152 Å². The van der Waals surface area contributed by atoms with Crippen LogP contribution in [0.4, 0.5) is 5.69 Å². The minimum Gasteiger partial charge on any atom is -0.465 e. The predicted molar refractivity (Wildman–Crippen MR) is 95.6 cm³/mol. The summed E-state index contributed by atoms with van der Waals surface area (Å²) in [5.41, 5.74) is 0.709. The fourth-order valence-corrected chi connectivity index (χ4v) is 3.03. The number of benzene rings is 1. The zero-order valence-corrected chi connectivity index (χ0v) is 15.3. The molecule has 1 aliphatic heterocycles. The van der Waals surface area contributed by atoms with E-state index in [1.165, 1.54) is 13.2 Å². The van der Waals surface area contributed by atoms with Crippen LogP contribution in [-0.2, 0) is 14.3 Å². The molecular formula is C18H23ClN2O4. The van der Waals surface area contributed by atoms with Crippen LogP contribution in [0.1, 0.15) is 43.0 Å². The lowest BCUT2D eigenvalue weighted by Gasteiger charge is -2.31. The first-order chi connectivity index (χ1) is 12.0. The molecule has 25 heavy (non-hydrogen) atoms. The molecule has 0 atom stereocenters. The third kappa shape index (κ3) is 4.95. The maximum Gasteiger partial charge on any atom is 0.337 e. The maximum absolute atomic E-state index is 12.5. The summed E-state index contributed by atoms with van der Waals surface area (Å²) in [5, 5.41) is 3.14. The molecule has 1 N–H and O–H groups in total. The number of nitrogens with one attached hydrogen (secondary N) is 1. The molecular weight excluding hydrogens is 344 g/mol. The van der Waals surface area contributed by atoms with Gasteiger partial charge in [0.25, 0.3) is 0 Å². The Morgan fingerprint density at radius 2 is 1.96 bits per heavy atom. The number of esters is 1. The van der Waals surface area contributed by atoms with Crippen LogP contribution < -0.4 is 5.32 Å². The van der Waals surface area contributed by atoms with Crippen molar-refractivity contribution in [3.8, 4) is 0 Å². The highest BCUT2D eigenvalue weighted by Gasteiger charge is 2.27. The van der Waals surface area contributed by atoms with Crippen LogP contribution in [-0.4, -0.2) is 42.9 Å². The predicted octanol–water partition coefficient (Wildman–Crippen LogP) is 3.10. The third-order valence-corrected chi connectivity index (χ3v) is 4.66. The highest BCUT2D eigenvalue weighted by atomic mass is 35.5. The zero-order chi connectivity index (χ0) is 18.4. The van der Waals surface area contributed by atoms with Crippen LogP contribution in [0, 0.1) is 5.92 Å². The van der Waals surface area contributed by atoms with Gasteiger partial charge in [-0.15, -0.1) is 0 Å². The molecule has 1 heterocycles. The first-order valence-corrected chi connectivity index (χ1v) is 8.80. The average molecular weight is 367 g/mol. The molecule has 0 saturated carbocycles. The molecule has 7 heteroatoms. The van der Waals surface area contributed by atoms with Crippen molar-refractivity contribution in [3.63, 3.8) is 0 Å². The van der Waals surface area contributed by atoms with Crippen LogP contribution in [0.3, 0.4) is 0 Å². The van der Waals surface area contributed by atoms with Crippen molar-refractivity contribution in [2.24, 2.45) is 5.92 Å². The lowest BCUT2D eigenvalue weighted by molar-refractivity contribution is -0.134. The Morgan fingerprint density at radius 3 is 2.56 bits per heavy atom. The van der Waals surface area contributed by atoms with Gasteiger partial charge in [-0.3, -0.25) is 9.59 Å². The summed E-state index contributed by atoms with van der Waals surface area (Å²) < 4.78 is 4.67. The number of hydrogen-bond acceptors (Lipinski definition) is 4. The number of halogens is 1.